The molecule has 21 heavy (non-hydrogen) atoms. The Labute approximate surface area is 123 Å². The van der Waals surface area contributed by atoms with E-state index in [0.717, 1.165) is 12.1 Å². The molecule has 0 spiro atoms. The molecule has 3 aromatic rings. The molecule has 2 heterocycles. The Morgan fingerprint density at radius 3 is 2.48 bits per heavy atom. The topological polar surface area (TPSA) is 35.6 Å². The van der Waals surface area contributed by atoms with Gasteiger partial charge in [0.1, 0.15) is 10.7 Å². The number of rotatable bonds is 1. The summed E-state index contributed by atoms with van der Waals surface area (Å²) in [5.74, 6) is 0.481. The fraction of sp³-hybridized carbons (Fsp3) is 0.231. The summed E-state index contributed by atoms with van der Waals surface area (Å²) in [7, 11) is 3.52. The molecule has 0 fully saturated rings. The summed E-state index contributed by atoms with van der Waals surface area (Å²) >= 11 is 4.34. The Bertz CT molecular complexity index is 832. The van der Waals surface area contributed by atoms with Gasteiger partial charge < -0.3 is 9.13 Å². The number of hydrogen-bond donors (Lipinski definition) is 1. The van der Waals surface area contributed by atoms with Crippen LogP contribution in [0.2, 0.25) is 0 Å². The van der Waals surface area contributed by atoms with E-state index in [4.69, 9.17) is 0 Å². The summed E-state index contributed by atoms with van der Waals surface area (Å²) in [6.45, 7) is 0. The lowest BCUT2D eigenvalue weighted by atomic mass is 10.2. The molecule has 110 valence electrons. The predicted molar refractivity (Wildman–Crippen MR) is 75.2 cm³/mol. The van der Waals surface area contributed by atoms with Crippen molar-refractivity contribution in [3.05, 3.63) is 30.1 Å². The first kappa shape index (κ1) is 14.0. The van der Waals surface area contributed by atoms with Gasteiger partial charge >= 0.3 is 6.18 Å². The van der Waals surface area contributed by atoms with E-state index in [0.29, 0.717) is 22.1 Å². The Kier molecular flexibility index (Phi) is 3.01. The van der Waals surface area contributed by atoms with Crippen LogP contribution in [0.15, 0.2) is 29.6 Å². The summed E-state index contributed by atoms with van der Waals surface area (Å²) in [5, 5.41) is 0.601. The van der Waals surface area contributed by atoms with Gasteiger partial charge in [-0.25, -0.2) is 9.97 Å². The minimum absolute atomic E-state index is 0.278. The first-order valence-corrected chi connectivity index (χ1v) is 6.48. The van der Waals surface area contributed by atoms with Gasteiger partial charge in [0.25, 0.3) is 0 Å². The summed E-state index contributed by atoms with van der Waals surface area (Å²) in [6, 6.07) is 3.50. The molecule has 1 aromatic carbocycles. The van der Waals surface area contributed by atoms with Crippen molar-refractivity contribution in [2.24, 2.45) is 14.1 Å². The van der Waals surface area contributed by atoms with E-state index in [1.165, 1.54) is 6.07 Å². The quantitative estimate of drug-likeness (QED) is 0.700. The first-order valence-electron chi connectivity index (χ1n) is 6.03. The molecule has 0 amide bonds. The first-order chi connectivity index (χ1) is 9.79. The molecular formula is C13H11F3N4S. The van der Waals surface area contributed by atoms with E-state index in [1.807, 2.05) is 0 Å². The zero-order chi connectivity index (χ0) is 15.4. The van der Waals surface area contributed by atoms with Gasteiger partial charge in [0.15, 0.2) is 5.82 Å². The fourth-order valence-corrected chi connectivity index (χ4v) is 2.38. The minimum Gasteiger partial charge on any atom is -0.329 e. The molecule has 0 saturated heterocycles. The van der Waals surface area contributed by atoms with Gasteiger partial charge in [-0.3, -0.25) is 0 Å². The van der Waals surface area contributed by atoms with Crippen LogP contribution in [-0.2, 0) is 20.3 Å². The van der Waals surface area contributed by atoms with E-state index in [9.17, 15) is 13.2 Å². The van der Waals surface area contributed by atoms with Crippen LogP contribution in [-0.4, -0.2) is 19.1 Å². The van der Waals surface area contributed by atoms with Crippen LogP contribution in [0.5, 0.6) is 0 Å². The van der Waals surface area contributed by atoms with Crippen LogP contribution in [0.25, 0.3) is 22.6 Å². The number of benzene rings is 1. The van der Waals surface area contributed by atoms with E-state index in [1.54, 1.807) is 29.6 Å². The second kappa shape index (κ2) is 4.52. The molecule has 0 bridgehead atoms. The smallest absolute Gasteiger partial charge is 0.329 e. The van der Waals surface area contributed by atoms with Gasteiger partial charge in [0.05, 0.1) is 22.9 Å². The van der Waals surface area contributed by atoms with Crippen LogP contribution in [0.3, 0.4) is 0 Å². The molecule has 2 aromatic heterocycles. The van der Waals surface area contributed by atoms with Crippen LogP contribution in [0, 0.1) is 0 Å². The van der Waals surface area contributed by atoms with Gasteiger partial charge in [-0.2, -0.15) is 13.2 Å². The number of alkyl halides is 3. The zero-order valence-corrected chi connectivity index (χ0v) is 12.1. The molecule has 3 rings (SSSR count). The van der Waals surface area contributed by atoms with Gasteiger partial charge in [0.2, 0.25) is 0 Å². The molecule has 0 atom stereocenters. The third-order valence-corrected chi connectivity index (χ3v) is 3.85. The molecule has 0 aliphatic heterocycles. The molecule has 0 N–H and O–H groups in total. The van der Waals surface area contributed by atoms with Gasteiger partial charge in [-0.1, -0.05) is 0 Å². The van der Waals surface area contributed by atoms with Crippen molar-refractivity contribution in [3.8, 4) is 11.5 Å². The molecule has 0 unspecified atom stereocenters. The van der Waals surface area contributed by atoms with Gasteiger partial charge in [-0.05, 0) is 18.2 Å². The average Bonchev–Trinajstić information content (AvgIpc) is 2.90. The van der Waals surface area contributed by atoms with Crippen molar-refractivity contribution in [2.75, 3.05) is 0 Å². The third kappa shape index (κ3) is 2.19. The number of thiol groups is 1. The number of aryl methyl sites for hydroxylation is 2. The van der Waals surface area contributed by atoms with Crippen LogP contribution >= 0.6 is 12.6 Å². The molecule has 0 saturated carbocycles. The molecule has 8 heteroatoms. The van der Waals surface area contributed by atoms with Crippen molar-refractivity contribution < 1.29 is 13.2 Å². The van der Waals surface area contributed by atoms with E-state index in [-0.39, 0.29) is 5.52 Å². The maximum absolute atomic E-state index is 12.8. The number of halogens is 3. The molecule has 0 aliphatic rings. The number of aromatic nitrogens is 4. The Morgan fingerprint density at radius 1 is 1.19 bits per heavy atom. The van der Waals surface area contributed by atoms with Crippen LogP contribution in [0.4, 0.5) is 13.2 Å². The molecule has 4 nitrogen and oxygen atoms in total. The lowest BCUT2D eigenvalue weighted by Crippen LogP contribution is -2.04. The summed E-state index contributed by atoms with van der Waals surface area (Å²) < 4.78 is 41.7. The normalized spacial score (nSPS) is 12.3. The van der Waals surface area contributed by atoms with Crippen molar-refractivity contribution in [1.29, 1.82) is 0 Å². The highest BCUT2D eigenvalue weighted by Gasteiger charge is 2.31. The highest BCUT2D eigenvalue weighted by Crippen LogP contribution is 2.33. The molecular weight excluding hydrogens is 301 g/mol. The van der Waals surface area contributed by atoms with Crippen molar-refractivity contribution in [3.63, 3.8) is 0 Å². The second-order valence-electron chi connectivity index (χ2n) is 4.72. The molecule has 0 aliphatic carbocycles. The summed E-state index contributed by atoms with van der Waals surface area (Å²) in [5.41, 5.74) is 0.706. The number of fused-ring (bicyclic) bond motifs is 1. The van der Waals surface area contributed by atoms with E-state index >= 15 is 0 Å². The highest BCUT2D eigenvalue weighted by atomic mass is 32.1. The second-order valence-corrected chi connectivity index (χ2v) is 5.15. The maximum atomic E-state index is 12.8. The van der Waals surface area contributed by atoms with E-state index in [2.05, 4.69) is 22.6 Å². The lowest BCUT2D eigenvalue weighted by Gasteiger charge is -2.05. The Morgan fingerprint density at radius 2 is 1.90 bits per heavy atom. The van der Waals surface area contributed by atoms with Crippen molar-refractivity contribution >= 4 is 23.7 Å². The van der Waals surface area contributed by atoms with Crippen molar-refractivity contribution in [1.82, 2.24) is 19.1 Å². The predicted octanol–water partition coefficient (Wildman–Crippen LogP) is 3.28. The SMILES string of the molecule is Cn1cnc(-c2nc3cc(C(F)(F)F)ccc3n2C)c1S. The largest absolute Gasteiger partial charge is 0.416 e. The third-order valence-electron chi connectivity index (χ3n) is 3.33. The van der Waals surface area contributed by atoms with E-state index < -0.39 is 11.7 Å². The number of nitrogens with zero attached hydrogens (tertiary/aromatic N) is 4. The van der Waals surface area contributed by atoms with Gasteiger partial charge in [0, 0.05) is 14.1 Å². The zero-order valence-electron chi connectivity index (χ0n) is 11.2. The summed E-state index contributed by atoms with van der Waals surface area (Å²) in [6.07, 6.45) is -2.80. The maximum Gasteiger partial charge on any atom is 0.416 e. The van der Waals surface area contributed by atoms with Crippen LogP contribution in [0.1, 0.15) is 5.56 Å². The summed E-state index contributed by atoms with van der Waals surface area (Å²) in [4.78, 5) is 8.46. The van der Waals surface area contributed by atoms with Crippen molar-refractivity contribution in [2.45, 2.75) is 11.2 Å². The minimum atomic E-state index is -4.38. The highest BCUT2D eigenvalue weighted by molar-refractivity contribution is 7.80. The fourth-order valence-electron chi connectivity index (χ4n) is 2.17. The van der Waals surface area contributed by atoms with Crippen LogP contribution < -0.4 is 0 Å². The number of hydrogen-bond acceptors (Lipinski definition) is 3. The van der Waals surface area contributed by atoms with Gasteiger partial charge in [-0.15, -0.1) is 12.6 Å². The monoisotopic (exact) mass is 312 g/mol. The Balaban J connectivity index is 2.22. The average molecular weight is 312 g/mol. The lowest BCUT2D eigenvalue weighted by molar-refractivity contribution is -0.137. The number of imidazole rings is 2. The Hall–Kier alpha value is -1.96. The standard InChI is InChI=1S/C13H11F3N4S/c1-19-6-17-10(12(19)21)11-18-8-5-7(13(14,15)16)3-4-9(8)20(11)2/h3-6,21H,1-2H3. The molecule has 0 radical (unpaired) electrons.